The Hall–Kier alpha value is -0.280. The van der Waals surface area contributed by atoms with Gasteiger partial charge in [0.1, 0.15) is 5.04 Å². The van der Waals surface area contributed by atoms with Crippen LogP contribution in [-0.4, -0.2) is 17.3 Å². The Morgan fingerprint density at radius 2 is 2.33 bits per heavy atom. The van der Waals surface area contributed by atoms with Crippen molar-refractivity contribution in [3.8, 4) is 0 Å². The first-order valence-electron chi connectivity index (χ1n) is 3.91. The van der Waals surface area contributed by atoms with E-state index in [0.29, 0.717) is 5.25 Å². The van der Waals surface area contributed by atoms with E-state index in [1.54, 1.807) is 11.3 Å². The van der Waals surface area contributed by atoms with Crippen molar-refractivity contribution in [1.82, 2.24) is 0 Å². The van der Waals surface area contributed by atoms with Gasteiger partial charge in [0.15, 0.2) is 0 Å². The SMILES string of the molecule is C/N=C(\SC(C)C)c1cccs1. The van der Waals surface area contributed by atoms with Crippen molar-refractivity contribution in [3.05, 3.63) is 22.4 Å². The minimum Gasteiger partial charge on any atom is -0.280 e. The van der Waals surface area contributed by atoms with Crippen molar-refractivity contribution in [2.24, 2.45) is 4.99 Å². The Bertz CT molecular complexity index is 250. The Morgan fingerprint density at radius 1 is 1.58 bits per heavy atom. The van der Waals surface area contributed by atoms with Gasteiger partial charge in [0.25, 0.3) is 0 Å². The minimum absolute atomic E-state index is 0.603. The van der Waals surface area contributed by atoms with Crippen LogP contribution in [-0.2, 0) is 0 Å². The van der Waals surface area contributed by atoms with Crippen LogP contribution < -0.4 is 0 Å². The highest BCUT2D eigenvalue weighted by Crippen LogP contribution is 2.21. The molecule has 0 saturated carbocycles. The van der Waals surface area contributed by atoms with E-state index in [0.717, 1.165) is 5.04 Å². The van der Waals surface area contributed by atoms with Gasteiger partial charge in [0.05, 0.1) is 4.88 Å². The van der Waals surface area contributed by atoms with Crippen LogP contribution >= 0.6 is 23.1 Å². The normalized spacial score (nSPS) is 12.5. The average molecular weight is 199 g/mol. The number of hydrogen-bond donors (Lipinski definition) is 0. The molecule has 0 radical (unpaired) electrons. The zero-order chi connectivity index (χ0) is 8.97. The summed E-state index contributed by atoms with van der Waals surface area (Å²) < 4.78 is 0. The number of thiophene rings is 1. The van der Waals surface area contributed by atoms with Crippen LogP contribution in [0.2, 0.25) is 0 Å². The fourth-order valence-corrected chi connectivity index (χ4v) is 2.52. The Morgan fingerprint density at radius 3 is 2.75 bits per heavy atom. The predicted octanol–water partition coefficient (Wildman–Crippen LogP) is 3.27. The first kappa shape index (κ1) is 9.81. The quantitative estimate of drug-likeness (QED) is 0.526. The molecule has 0 aliphatic carbocycles. The van der Waals surface area contributed by atoms with Crippen molar-refractivity contribution in [2.45, 2.75) is 19.1 Å². The van der Waals surface area contributed by atoms with Gasteiger partial charge in [0, 0.05) is 12.3 Å². The van der Waals surface area contributed by atoms with Gasteiger partial charge in [-0.1, -0.05) is 19.9 Å². The van der Waals surface area contributed by atoms with Gasteiger partial charge in [-0.25, -0.2) is 0 Å². The summed E-state index contributed by atoms with van der Waals surface area (Å²) in [5, 5.41) is 3.84. The third kappa shape index (κ3) is 2.64. The highest BCUT2D eigenvalue weighted by Gasteiger charge is 2.06. The summed E-state index contributed by atoms with van der Waals surface area (Å²) in [6.07, 6.45) is 0. The maximum atomic E-state index is 4.26. The summed E-state index contributed by atoms with van der Waals surface area (Å²) in [5.74, 6) is 0. The van der Waals surface area contributed by atoms with Crippen molar-refractivity contribution >= 4 is 28.1 Å². The average Bonchev–Trinajstić information content (AvgIpc) is 2.51. The number of nitrogens with zero attached hydrogens (tertiary/aromatic N) is 1. The van der Waals surface area contributed by atoms with Crippen molar-refractivity contribution in [3.63, 3.8) is 0 Å². The second kappa shape index (κ2) is 4.67. The van der Waals surface area contributed by atoms with E-state index in [-0.39, 0.29) is 0 Å². The standard InChI is InChI=1S/C9H13NS2/c1-7(2)12-9(10-3)8-5-4-6-11-8/h4-7H,1-3H3/b10-9-. The number of aliphatic imine (C=N–C) groups is 1. The lowest BCUT2D eigenvalue weighted by Crippen LogP contribution is -1.97. The molecular weight excluding hydrogens is 186 g/mol. The first-order chi connectivity index (χ1) is 5.74. The Kier molecular flexibility index (Phi) is 3.82. The molecule has 3 heteroatoms. The summed E-state index contributed by atoms with van der Waals surface area (Å²) in [6, 6.07) is 4.18. The van der Waals surface area contributed by atoms with Crippen molar-refractivity contribution in [1.29, 1.82) is 0 Å². The molecule has 0 bridgehead atoms. The monoisotopic (exact) mass is 199 g/mol. The highest BCUT2D eigenvalue weighted by atomic mass is 32.2. The van der Waals surface area contributed by atoms with Crippen LogP contribution in [0.3, 0.4) is 0 Å². The molecule has 0 spiro atoms. The summed E-state index contributed by atoms with van der Waals surface area (Å²) in [6.45, 7) is 4.37. The molecule has 1 nitrogen and oxygen atoms in total. The topological polar surface area (TPSA) is 12.4 Å². The molecule has 0 aliphatic rings. The third-order valence-electron chi connectivity index (χ3n) is 1.28. The fourth-order valence-electron chi connectivity index (χ4n) is 0.844. The molecule has 1 heterocycles. The lowest BCUT2D eigenvalue weighted by atomic mass is 10.5. The van der Waals surface area contributed by atoms with Gasteiger partial charge in [0.2, 0.25) is 0 Å². The van der Waals surface area contributed by atoms with Crippen LogP contribution in [0.1, 0.15) is 18.7 Å². The van der Waals surface area contributed by atoms with Crippen LogP contribution in [0.4, 0.5) is 0 Å². The molecule has 0 aliphatic heterocycles. The predicted molar refractivity (Wildman–Crippen MR) is 59.5 cm³/mol. The molecular formula is C9H13NS2. The molecule has 66 valence electrons. The molecule has 0 fully saturated rings. The summed E-state index contributed by atoms with van der Waals surface area (Å²) >= 11 is 3.56. The Balaban J connectivity index is 2.72. The molecule has 1 rings (SSSR count). The summed E-state index contributed by atoms with van der Waals surface area (Å²) in [4.78, 5) is 5.53. The molecule has 0 saturated heterocycles. The molecule has 0 atom stereocenters. The summed E-state index contributed by atoms with van der Waals surface area (Å²) in [5.41, 5.74) is 0. The minimum atomic E-state index is 0.603. The number of rotatable bonds is 2. The van der Waals surface area contributed by atoms with Crippen LogP contribution in [0, 0.1) is 0 Å². The molecule has 0 unspecified atom stereocenters. The van der Waals surface area contributed by atoms with E-state index in [9.17, 15) is 0 Å². The van der Waals surface area contributed by atoms with Gasteiger partial charge in [-0.2, -0.15) is 0 Å². The second-order valence-electron chi connectivity index (χ2n) is 2.67. The lowest BCUT2D eigenvalue weighted by molar-refractivity contribution is 1.12. The van der Waals surface area contributed by atoms with Crippen molar-refractivity contribution < 1.29 is 0 Å². The molecule has 12 heavy (non-hydrogen) atoms. The van der Waals surface area contributed by atoms with Crippen LogP contribution in [0.25, 0.3) is 0 Å². The smallest absolute Gasteiger partial charge is 0.108 e. The number of thioether (sulfide) groups is 1. The van der Waals surface area contributed by atoms with E-state index in [1.165, 1.54) is 4.88 Å². The fraction of sp³-hybridized carbons (Fsp3) is 0.444. The van der Waals surface area contributed by atoms with Crippen molar-refractivity contribution in [2.75, 3.05) is 7.05 Å². The van der Waals surface area contributed by atoms with E-state index in [1.807, 2.05) is 18.8 Å². The third-order valence-corrected chi connectivity index (χ3v) is 3.39. The van der Waals surface area contributed by atoms with Gasteiger partial charge in [-0.15, -0.1) is 23.1 Å². The second-order valence-corrected chi connectivity index (χ2v) is 5.19. The van der Waals surface area contributed by atoms with E-state index >= 15 is 0 Å². The van der Waals surface area contributed by atoms with Gasteiger partial charge in [-0.05, 0) is 11.4 Å². The highest BCUT2D eigenvalue weighted by molar-refractivity contribution is 8.15. The zero-order valence-electron chi connectivity index (χ0n) is 7.57. The van der Waals surface area contributed by atoms with Crippen LogP contribution in [0.5, 0.6) is 0 Å². The first-order valence-corrected chi connectivity index (χ1v) is 5.67. The largest absolute Gasteiger partial charge is 0.280 e. The molecule has 0 aromatic carbocycles. The maximum Gasteiger partial charge on any atom is 0.108 e. The van der Waals surface area contributed by atoms with E-state index < -0.39 is 0 Å². The van der Waals surface area contributed by atoms with Crippen LogP contribution in [0.15, 0.2) is 22.5 Å². The molecule has 0 amide bonds. The van der Waals surface area contributed by atoms with Gasteiger partial charge >= 0.3 is 0 Å². The van der Waals surface area contributed by atoms with Gasteiger partial charge in [-0.3, -0.25) is 4.99 Å². The summed E-state index contributed by atoms with van der Waals surface area (Å²) in [7, 11) is 1.85. The zero-order valence-corrected chi connectivity index (χ0v) is 9.21. The maximum absolute atomic E-state index is 4.26. The van der Waals surface area contributed by atoms with E-state index in [2.05, 4.69) is 36.4 Å². The Labute approximate surface area is 81.9 Å². The molecule has 0 N–H and O–H groups in total. The van der Waals surface area contributed by atoms with Gasteiger partial charge < -0.3 is 0 Å². The molecule has 1 aromatic rings. The lowest BCUT2D eigenvalue weighted by Gasteiger charge is -2.04. The van der Waals surface area contributed by atoms with E-state index in [4.69, 9.17) is 0 Å². The molecule has 1 aromatic heterocycles. The number of hydrogen-bond acceptors (Lipinski definition) is 3.